The average Bonchev–Trinajstić information content (AvgIpc) is 3.21. The number of carbonyl (C=O) groups excluding carboxylic acids is 1. The third-order valence-electron chi connectivity index (χ3n) is 3.62. The molecule has 0 aliphatic rings. The highest BCUT2D eigenvalue weighted by Crippen LogP contribution is 2.31. The van der Waals surface area contributed by atoms with Gasteiger partial charge in [0.25, 0.3) is 5.56 Å². The summed E-state index contributed by atoms with van der Waals surface area (Å²) in [5.74, 6) is -0.333. The molecule has 1 amide bonds. The van der Waals surface area contributed by atoms with Gasteiger partial charge in [0, 0.05) is 5.56 Å². The lowest BCUT2D eigenvalue weighted by Crippen LogP contribution is -2.23. The summed E-state index contributed by atoms with van der Waals surface area (Å²) < 4.78 is 2.28. The topological polar surface area (TPSA) is 76.9 Å². The van der Waals surface area contributed by atoms with Crippen molar-refractivity contribution in [2.75, 3.05) is 5.32 Å². The molecular weight excluding hydrogens is 392 g/mol. The maximum absolute atomic E-state index is 12.3. The second kappa shape index (κ2) is 6.99. The van der Waals surface area contributed by atoms with Gasteiger partial charge in [0.1, 0.15) is 6.54 Å². The van der Waals surface area contributed by atoms with Crippen molar-refractivity contribution in [2.45, 2.75) is 6.54 Å². The zero-order chi connectivity index (χ0) is 18.1. The van der Waals surface area contributed by atoms with Crippen molar-refractivity contribution in [2.24, 2.45) is 0 Å². The van der Waals surface area contributed by atoms with Gasteiger partial charge in [-0.3, -0.25) is 18.9 Å². The first kappa shape index (κ1) is 16.9. The number of nitrogens with one attached hydrogen (secondary N) is 1. The number of fused-ring (bicyclic) bond motifs is 1. The predicted molar refractivity (Wildman–Crippen MR) is 105 cm³/mol. The van der Waals surface area contributed by atoms with Crippen LogP contribution in [-0.4, -0.2) is 20.1 Å². The molecule has 4 rings (SSSR count). The lowest BCUT2D eigenvalue weighted by atomic mass is 10.2. The van der Waals surface area contributed by atoms with Gasteiger partial charge in [0.05, 0.1) is 15.1 Å². The summed E-state index contributed by atoms with van der Waals surface area (Å²) in [4.78, 5) is 24.6. The lowest BCUT2D eigenvalue weighted by molar-refractivity contribution is -0.116. The first-order valence-electron chi connectivity index (χ1n) is 7.59. The van der Waals surface area contributed by atoms with Crippen LogP contribution in [0.1, 0.15) is 0 Å². The Labute approximate surface area is 160 Å². The van der Waals surface area contributed by atoms with Crippen molar-refractivity contribution in [3.63, 3.8) is 0 Å². The van der Waals surface area contributed by atoms with Gasteiger partial charge in [-0.05, 0) is 18.2 Å². The fraction of sp³-hybridized carbons (Fsp3) is 0.0588. The van der Waals surface area contributed by atoms with Crippen molar-refractivity contribution in [1.82, 2.24) is 14.2 Å². The van der Waals surface area contributed by atoms with E-state index in [9.17, 15) is 9.59 Å². The molecule has 0 spiro atoms. The van der Waals surface area contributed by atoms with Crippen molar-refractivity contribution in [1.29, 1.82) is 0 Å². The van der Waals surface area contributed by atoms with E-state index < -0.39 is 0 Å². The maximum Gasteiger partial charge on any atom is 0.268 e. The highest BCUT2D eigenvalue weighted by atomic mass is 35.5. The molecule has 1 N–H and O–H groups in total. The third kappa shape index (κ3) is 3.26. The number of aromatic nitrogens is 3. The number of hydrogen-bond donors (Lipinski definition) is 1. The zero-order valence-corrected chi connectivity index (χ0v) is 15.6. The van der Waals surface area contributed by atoms with Crippen LogP contribution in [0.2, 0.25) is 5.02 Å². The summed E-state index contributed by atoms with van der Waals surface area (Å²) in [6.07, 6.45) is 0. The van der Waals surface area contributed by atoms with Crippen LogP contribution in [0.5, 0.6) is 0 Å². The van der Waals surface area contributed by atoms with Crippen LogP contribution >= 0.6 is 34.5 Å². The van der Waals surface area contributed by atoms with E-state index in [0.717, 1.165) is 10.3 Å². The van der Waals surface area contributed by atoms with Crippen molar-refractivity contribution in [3.05, 3.63) is 63.9 Å². The van der Waals surface area contributed by atoms with E-state index in [1.54, 1.807) is 18.2 Å². The smallest absolute Gasteiger partial charge is 0.268 e. The van der Waals surface area contributed by atoms with Crippen LogP contribution in [0, 0.1) is 0 Å². The van der Waals surface area contributed by atoms with Crippen LogP contribution in [-0.2, 0) is 11.3 Å². The van der Waals surface area contributed by atoms with Gasteiger partial charge in [-0.1, -0.05) is 64.8 Å². The minimum atomic E-state index is -0.333. The quantitative estimate of drug-likeness (QED) is 0.562. The van der Waals surface area contributed by atoms with Crippen LogP contribution in [0.25, 0.3) is 20.7 Å². The van der Waals surface area contributed by atoms with E-state index in [4.69, 9.17) is 11.6 Å². The summed E-state index contributed by atoms with van der Waals surface area (Å²) in [6, 6.07) is 14.6. The van der Waals surface area contributed by atoms with Crippen molar-refractivity contribution < 1.29 is 4.79 Å². The highest BCUT2D eigenvalue weighted by molar-refractivity contribution is 7.18. The van der Waals surface area contributed by atoms with Gasteiger partial charge in [-0.2, -0.15) is 0 Å². The minimum absolute atomic E-state index is 0.0703. The Bertz CT molecular complexity index is 1160. The van der Waals surface area contributed by atoms with Crippen molar-refractivity contribution >= 4 is 55.6 Å². The number of halogens is 1. The van der Waals surface area contributed by atoms with E-state index >= 15 is 0 Å². The molecule has 0 saturated carbocycles. The number of anilines is 1. The first-order valence-corrected chi connectivity index (χ1v) is 9.56. The summed E-state index contributed by atoms with van der Waals surface area (Å²) in [5, 5.41) is 12.9. The molecule has 2 heterocycles. The predicted octanol–water partition coefficient (Wildman–Crippen LogP) is 3.87. The number of carbonyl (C=O) groups is 1. The fourth-order valence-electron chi connectivity index (χ4n) is 2.43. The SMILES string of the molecule is O=C(Cn1sc2ccccc2c1=O)Nc1nnc(-c2ccccc2Cl)s1. The molecule has 0 aliphatic carbocycles. The molecule has 0 unspecified atom stereocenters. The van der Waals surface area contributed by atoms with E-state index in [1.165, 1.54) is 26.8 Å². The van der Waals surface area contributed by atoms with E-state index in [0.29, 0.717) is 20.5 Å². The van der Waals surface area contributed by atoms with Gasteiger partial charge in [0.15, 0.2) is 5.01 Å². The lowest BCUT2D eigenvalue weighted by Gasteiger charge is -2.00. The second-order valence-electron chi connectivity index (χ2n) is 5.37. The Morgan fingerprint density at radius 2 is 1.88 bits per heavy atom. The molecule has 6 nitrogen and oxygen atoms in total. The molecule has 4 aromatic rings. The van der Waals surface area contributed by atoms with Crippen LogP contribution < -0.4 is 10.9 Å². The number of benzene rings is 2. The van der Waals surface area contributed by atoms with E-state index in [-0.39, 0.29) is 18.0 Å². The Hall–Kier alpha value is -2.55. The molecule has 0 saturated heterocycles. The molecule has 2 aromatic heterocycles. The van der Waals surface area contributed by atoms with E-state index in [1.807, 2.05) is 30.3 Å². The molecule has 130 valence electrons. The molecule has 26 heavy (non-hydrogen) atoms. The number of rotatable bonds is 4. The summed E-state index contributed by atoms with van der Waals surface area (Å²) in [7, 11) is 0. The number of amides is 1. The average molecular weight is 403 g/mol. The second-order valence-corrected chi connectivity index (χ2v) is 7.82. The largest absolute Gasteiger partial charge is 0.299 e. The maximum atomic E-state index is 12.3. The number of nitrogens with zero attached hydrogens (tertiary/aromatic N) is 3. The molecule has 2 aromatic carbocycles. The van der Waals surface area contributed by atoms with Gasteiger partial charge in [0.2, 0.25) is 11.0 Å². The molecular formula is C17H11ClN4O2S2. The Balaban J connectivity index is 1.51. The van der Waals surface area contributed by atoms with Crippen molar-refractivity contribution in [3.8, 4) is 10.6 Å². The summed E-state index contributed by atoms with van der Waals surface area (Å²) in [5.41, 5.74) is 0.586. The van der Waals surface area contributed by atoms with Gasteiger partial charge < -0.3 is 0 Å². The minimum Gasteiger partial charge on any atom is -0.299 e. The Kier molecular flexibility index (Phi) is 4.54. The zero-order valence-electron chi connectivity index (χ0n) is 13.2. The standard InChI is InChI=1S/C17H11ClN4O2S2/c18-12-7-3-1-5-10(12)15-20-21-17(25-15)19-14(23)9-22-16(24)11-6-2-4-8-13(11)26-22/h1-8H,9H2,(H,19,21,23). The fourth-order valence-corrected chi connectivity index (χ4v) is 4.50. The monoisotopic (exact) mass is 402 g/mol. The van der Waals surface area contributed by atoms with E-state index in [2.05, 4.69) is 15.5 Å². The van der Waals surface area contributed by atoms with Gasteiger partial charge in [-0.25, -0.2) is 0 Å². The highest BCUT2D eigenvalue weighted by Gasteiger charge is 2.14. The van der Waals surface area contributed by atoms with Crippen LogP contribution in [0.15, 0.2) is 53.3 Å². The molecule has 0 fully saturated rings. The van der Waals surface area contributed by atoms with Gasteiger partial charge in [-0.15, -0.1) is 10.2 Å². The Morgan fingerprint density at radius 3 is 2.69 bits per heavy atom. The first-order chi connectivity index (χ1) is 12.6. The molecule has 0 atom stereocenters. The third-order valence-corrected chi connectivity index (χ3v) is 5.88. The molecule has 9 heteroatoms. The van der Waals surface area contributed by atoms with Crippen LogP contribution in [0.3, 0.4) is 0 Å². The summed E-state index contributed by atoms with van der Waals surface area (Å²) in [6.45, 7) is -0.0703. The van der Waals surface area contributed by atoms with Gasteiger partial charge >= 0.3 is 0 Å². The Morgan fingerprint density at radius 1 is 1.12 bits per heavy atom. The normalized spacial score (nSPS) is 11.0. The summed E-state index contributed by atoms with van der Waals surface area (Å²) >= 11 is 8.64. The molecule has 0 aliphatic heterocycles. The molecule has 0 radical (unpaired) electrons. The number of hydrogen-bond acceptors (Lipinski definition) is 6. The van der Waals surface area contributed by atoms with Crippen LogP contribution in [0.4, 0.5) is 5.13 Å². The molecule has 0 bridgehead atoms.